The van der Waals surface area contributed by atoms with E-state index in [4.69, 9.17) is 25.8 Å². The number of halogens is 1. The van der Waals surface area contributed by atoms with Crippen molar-refractivity contribution in [2.24, 2.45) is 7.05 Å². The molecule has 0 amide bonds. The van der Waals surface area contributed by atoms with Crippen molar-refractivity contribution in [1.82, 2.24) is 9.78 Å². The Morgan fingerprint density at radius 2 is 2.12 bits per heavy atom. The normalized spacial score (nSPS) is 13.7. The zero-order valence-electron chi connectivity index (χ0n) is 15.0. The molecule has 0 radical (unpaired) electrons. The van der Waals surface area contributed by atoms with Crippen LogP contribution in [0.5, 0.6) is 11.5 Å². The molecule has 6 nitrogen and oxygen atoms in total. The molecule has 1 aliphatic rings. The number of hydrogen-bond donors (Lipinski definition) is 0. The van der Waals surface area contributed by atoms with Crippen LogP contribution in [0.1, 0.15) is 28.9 Å². The average Bonchev–Trinajstić information content (AvgIpc) is 2.79. The molecule has 0 N–H and O–H groups in total. The van der Waals surface area contributed by atoms with Crippen molar-refractivity contribution < 1.29 is 19.0 Å². The molecule has 0 atom stereocenters. The van der Waals surface area contributed by atoms with Gasteiger partial charge in [0.15, 0.2) is 11.5 Å². The average molecular weight is 377 g/mol. The molecule has 2 aromatic rings. The van der Waals surface area contributed by atoms with Crippen LogP contribution in [0.15, 0.2) is 18.2 Å². The maximum atomic E-state index is 12.0. The molecule has 1 aromatic heterocycles. The number of fused-ring (bicyclic) bond motifs is 1. The summed E-state index contributed by atoms with van der Waals surface area (Å²) >= 11 is 6.24. The minimum Gasteiger partial charge on any atom is -0.489 e. The Morgan fingerprint density at radius 1 is 1.35 bits per heavy atom. The fraction of sp³-hybridized carbons (Fsp3) is 0.368. The zero-order chi connectivity index (χ0) is 18.7. The van der Waals surface area contributed by atoms with Gasteiger partial charge in [-0.2, -0.15) is 5.10 Å². The molecule has 0 saturated carbocycles. The maximum absolute atomic E-state index is 12.0. The van der Waals surface area contributed by atoms with Crippen molar-refractivity contribution >= 4 is 23.6 Å². The summed E-state index contributed by atoms with van der Waals surface area (Å²) in [6.45, 7) is 5.09. The van der Waals surface area contributed by atoms with Crippen LogP contribution in [0.3, 0.4) is 0 Å². The van der Waals surface area contributed by atoms with E-state index in [1.54, 1.807) is 22.9 Å². The Labute approximate surface area is 157 Å². The monoisotopic (exact) mass is 376 g/mol. The summed E-state index contributed by atoms with van der Waals surface area (Å²) in [6.07, 6.45) is 3.93. The summed E-state index contributed by atoms with van der Waals surface area (Å²) in [7, 11) is 1.87. The molecular weight excluding hydrogens is 356 g/mol. The smallest absolute Gasteiger partial charge is 0.331 e. The number of aryl methyl sites for hydroxylation is 2. The number of nitrogens with zero attached hydrogens (tertiary/aromatic N) is 2. The molecule has 26 heavy (non-hydrogen) atoms. The number of benzene rings is 1. The fourth-order valence-corrected chi connectivity index (χ4v) is 3.04. The standard InChI is InChI=1S/C19H21ClN2O4/c1-12-15(13(2)22(3)21-12)5-6-18(23)26-11-14-9-16(20)19-17(10-14)24-7-4-8-25-19/h5-6,9-10H,4,7-8,11H2,1-3H3/b6-5+. The van der Waals surface area contributed by atoms with Crippen molar-refractivity contribution in [3.63, 3.8) is 0 Å². The van der Waals surface area contributed by atoms with Crippen molar-refractivity contribution in [2.75, 3.05) is 13.2 Å². The topological polar surface area (TPSA) is 62.6 Å². The first-order valence-electron chi connectivity index (χ1n) is 8.38. The highest BCUT2D eigenvalue weighted by Crippen LogP contribution is 2.38. The predicted molar refractivity (Wildman–Crippen MR) is 98.6 cm³/mol. The molecule has 0 fully saturated rings. The van der Waals surface area contributed by atoms with Gasteiger partial charge < -0.3 is 14.2 Å². The van der Waals surface area contributed by atoms with Crippen molar-refractivity contribution in [2.45, 2.75) is 26.9 Å². The molecule has 0 bridgehead atoms. The third-order valence-corrected chi connectivity index (χ3v) is 4.47. The lowest BCUT2D eigenvalue weighted by molar-refractivity contribution is -0.138. The first-order chi connectivity index (χ1) is 12.5. The molecule has 1 aliphatic heterocycles. The highest BCUT2D eigenvalue weighted by atomic mass is 35.5. The highest BCUT2D eigenvalue weighted by molar-refractivity contribution is 6.32. The predicted octanol–water partition coefficient (Wildman–Crippen LogP) is 3.61. The number of aromatic nitrogens is 2. The second-order valence-electron chi connectivity index (χ2n) is 6.10. The van der Waals surface area contributed by atoms with E-state index in [0.29, 0.717) is 29.7 Å². The van der Waals surface area contributed by atoms with Gasteiger partial charge >= 0.3 is 5.97 Å². The molecule has 1 aromatic carbocycles. The Kier molecular flexibility index (Phi) is 5.52. The van der Waals surface area contributed by atoms with Gasteiger partial charge in [-0.1, -0.05) is 11.6 Å². The van der Waals surface area contributed by atoms with Crippen LogP contribution in [0.2, 0.25) is 5.02 Å². The first-order valence-corrected chi connectivity index (χ1v) is 8.76. The maximum Gasteiger partial charge on any atom is 0.331 e. The molecular formula is C19H21ClN2O4. The Balaban J connectivity index is 1.65. The molecule has 138 valence electrons. The Morgan fingerprint density at radius 3 is 2.85 bits per heavy atom. The molecule has 0 aliphatic carbocycles. The van der Waals surface area contributed by atoms with E-state index < -0.39 is 5.97 Å². The summed E-state index contributed by atoms with van der Waals surface area (Å²) in [4.78, 5) is 12.0. The summed E-state index contributed by atoms with van der Waals surface area (Å²) in [5.41, 5.74) is 3.52. The van der Waals surface area contributed by atoms with Gasteiger partial charge in [0.2, 0.25) is 0 Å². The second kappa shape index (κ2) is 7.83. The lowest BCUT2D eigenvalue weighted by Crippen LogP contribution is -2.02. The van der Waals surface area contributed by atoms with Crippen molar-refractivity contribution in [1.29, 1.82) is 0 Å². The van der Waals surface area contributed by atoms with Crippen LogP contribution in [0.4, 0.5) is 0 Å². The highest BCUT2D eigenvalue weighted by Gasteiger charge is 2.16. The minimum atomic E-state index is -0.434. The van der Waals surface area contributed by atoms with Gasteiger partial charge in [0.1, 0.15) is 6.61 Å². The van der Waals surface area contributed by atoms with E-state index in [1.807, 2.05) is 20.9 Å². The van der Waals surface area contributed by atoms with Crippen LogP contribution in [0.25, 0.3) is 6.08 Å². The van der Waals surface area contributed by atoms with E-state index in [0.717, 1.165) is 28.9 Å². The minimum absolute atomic E-state index is 0.102. The third kappa shape index (κ3) is 4.02. The molecule has 0 saturated heterocycles. The molecule has 3 rings (SSSR count). The van der Waals surface area contributed by atoms with Gasteiger partial charge in [-0.05, 0) is 37.6 Å². The third-order valence-electron chi connectivity index (χ3n) is 4.19. The Bertz CT molecular complexity index is 858. The Hall–Kier alpha value is -2.47. The van der Waals surface area contributed by atoms with Gasteiger partial charge in [-0.15, -0.1) is 0 Å². The fourth-order valence-electron chi connectivity index (χ4n) is 2.75. The van der Waals surface area contributed by atoms with Gasteiger partial charge in [0, 0.05) is 30.8 Å². The number of esters is 1. The quantitative estimate of drug-likeness (QED) is 0.602. The van der Waals surface area contributed by atoms with E-state index in [-0.39, 0.29) is 6.61 Å². The summed E-state index contributed by atoms with van der Waals surface area (Å²) in [5, 5.41) is 4.76. The molecule has 0 unspecified atom stereocenters. The van der Waals surface area contributed by atoms with Gasteiger partial charge in [0.05, 0.1) is 23.9 Å². The van der Waals surface area contributed by atoms with Crippen LogP contribution < -0.4 is 9.47 Å². The van der Waals surface area contributed by atoms with E-state index in [2.05, 4.69) is 5.10 Å². The number of rotatable bonds is 4. The van der Waals surface area contributed by atoms with E-state index in [1.165, 1.54) is 6.08 Å². The lowest BCUT2D eigenvalue weighted by Gasteiger charge is -2.11. The van der Waals surface area contributed by atoms with Gasteiger partial charge in [-0.25, -0.2) is 4.79 Å². The summed E-state index contributed by atoms with van der Waals surface area (Å²) in [5.74, 6) is 0.691. The number of ether oxygens (including phenoxy) is 3. The van der Waals surface area contributed by atoms with Crippen LogP contribution in [0, 0.1) is 13.8 Å². The van der Waals surface area contributed by atoms with Crippen molar-refractivity contribution in [3.05, 3.63) is 45.7 Å². The van der Waals surface area contributed by atoms with Crippen LogP contribution in [-0.4, -0.2) is 29.0 Å². The molecule has 0 spiro atoms. The van der Waals surface area contributed by atoms with E-state index in [9.17, 15) is 4.79 Å². The number of hydrogen-bond acceptors (Lipinski definition) is 5. The summed E-state index contributed by atoms with van der Waals surface area (Å²) < 4.78 is 18.3. The SMILES string of the molecule is Cc1nn(C)c(C)c1/C=C/C(=O)OCc1cc(Cl)c2c(c1)OCCCO2. The first kappa shape index (κ1) is 18.3. The summed E-state index contributed by atoms with van der Waals surface area (Å²) in [6, 6.07) is 3.51. The lowest BCUT2D eigenvalue weighted by atomic mass is 10.2. The second-order valence-corrected chi connectivity index (χ2v) is 6.51. The van der Waals surface area contributed by atoms with Crippen LogP contribution >= 0.6 is 11.6 Å². The number of carbonyl (C=O) groups excluding carboxylic acids is 1. The van der Waals surface area contributed by atoms with E-state index >= 15 is 0 Å². The van der Waals surface area contributed by atoms with Crippen LogP contribution in [-0.2, 0) is 23.2 Å². The largest absolute Gasteiger partial charge is 0.489 e. The molecule has 7 heteroatoms. The van der Waals surface area contributed by atoms with Gasteiger partial charge in [0.25, 0.3) is 0 Å². The number of carbonyl (C=O) groups is 1. The van der Waals surface area contributed by atoms with Gasteiger partial charge in [-0.3, -0.25) is 4.68 Å². The zero-order valence-corrected chi connectivity index (χ0v) is 15.8. The molecule has 2 heterocycles. The van der Waals surface area contributed by atoms with Crippen molar-refractivity contribution in [3.8, 4) is 11.5 Å².